The zero-order chi connectivity index (χ0) is 25.4. The van der Waals surface area contributed by atoms with E-state index in [0.29, 0.717) is 11.4 Å². The largest absolute Gasteiger partial charge is 0.467 e. The maximum Gasteiger partial charge on any atom is 0.328 e. The van der Waals surface area contributed by atoms with Crippen LogP contribution in [0.4, 0.5) is 5.69 Å². The number of esters is 1. The van der Waals surface area contributed by atoms with Gasteiger partial charge in [0.1, 0.15) is 11.7 Å². The molecule has 35 heavy (non-hydrogen) atoms. The van der Waals surface area contributed by atoms with Gasteiger partial charge in [-0.25, -0.2) is 9.78 Å². The maximum atomic E-state index is 12.6. The van der Waals surface area contributed by atoms with Crippen LogP contribution < -0.4 is 10.6 Å². The summed E-state index contributed by atoms with van der Waals surface area (Å²) in [5, 5.41) is 5.79. The van der Waals surface area contributed by atoms with E-state index in [4.69, 9.17) is 4.74 Å². The van der Waals surface area contributed by atoms with E-state index in [1.54, 1.807) is 30.6 Å². The number of hydrogen-bond donors (Lipinski definition) is 2. The average Bonchev–Trinajstić information content (AvgIpc) is 3.36. The van der Waals surface area contributed by atoms with Gasteiger partial charge in [0.15, 0.2) is 5.01 Å². The normalized spacial score (nSPS) is 11.7. The molecule has 0 aliphatic heterocycles. The third-order valence-corrected chi connectivity index (χ3v) is 6.46. The molecule has 0 aliphatic carbocycles. The van der Waals surface area contributed by atoms with Gasteiger partial charge in [0.25, 0.3) is 11.8 Å². The third-order valence-electron chi connectivity index (χ3n) is 5.41. The minimum Gasteiger partial charge on any atom is -0.467 e. The molecule has 2 heterocycles. The van der Waals surface area contributed by atoms with E-state index in [9.17, 15) is 14.4 Å². The van der Waals surface area contributed by atoms with Crippen LogP contribution in [0, 0.1) is 5.92 Å². The number of hydrogen-bond acceptors (Lipinski definition) is 7. The molecule has 0 fully saturated rings. The van der Waals surface area contributed by atoms with Crippen molar-refractivity contribution in [2.75, 3.05) is 12.4 Å². The number of pyridine rings is 1. The molecule has 2 N–H and O–H groups in total. The van der Waals surface area contributed by atoms with Crippen molar-refractivity contribution in [1.82, 2.24) is 15.3 Å². The summed E-state index contributed by atoms with van der Waals surface area (Å²) in [5.74, 6) is -1.32. The molecule has 1 unspecified atom stereocenters. The van der Waals surface area contributed by atoms with E-state index in [-0.39, 0.29) is 16.8 Å². The number of nitrogens with one attached hydrogen (secondary N) is 2. The molecule has 3 aromatic rings. The summed E-state index contributed by atoms with van der Waals surface area (Å²) in [7, 11) is 1.29. The molecule has 8 nitrogen and oxygen atoms in total. The number of aryl methyl sites for hydroxylation is 1. The molecule has 0 saturated heterocycles. The quantitative estimate of drug-likeness (QED) is 0.394. The predicted molar refractivity (Wildman–Crippen MR) is 136 cm³/mol. The number of rotatable bonds is 10. The zero-order valence-electron chi connectivity index (χ0n) is 20.3. The summed E-state index contributed by atoms with van der Waals surface area (Å²) < 4.78 is 4.77. The molecule has 9 heteroatoms. The van der Waals surface area contributed by atoms with Crippen LogP contribution in [0.15, 0.2) is 48.8 Å². The highest BCUT2D eigenvalue weighted by Crippen LogP contribution is 2.27. The Balaban J connectivity index is 1.62. The second-order valence-electron chi connectivity index (χ2n) is 8.43. The summed E-state index contributed by atoms with van der Waals surface area (Å²) in [5.41, 5.74) is 2.97. The number of ether oxygens (including phenoxy) is 1. The predicted octanol–water partition coefficient (Wildman–Crippen LogP) is 4.73. The first-order valence-corrected chi connectivity index (χ1v) is 12.3. The van der Waals surface area contributed by atoms with Crippen molar-refractivity contribution in [2.24, 2.45) is 5.92 Å². The lowest BCUT2D eigenvalue weighted by Gasteiger charge is -2.18. The van der Waals surface area contributed by atoms with Crippen LogP contribution in [0.25, 0.3) is 10.4 Å². The van der Waals surface area contributed by atoms with Gasteiger partial charge in [-0.15, -0.1) is 11.3 Å². The molecule has 0 spiro atoms. The monoisotopic (exact) mass is 494 g/mol. The lowest BCUT2D eigenvalue weighted by atomic mass is 10.0. The van der Waals surface area contributed by atoms with Gasteiger partial charge in [-0.2, -0.15) is 0 Å². The summed E-state index contributed by atoms with van der Waals surface area (Å²) in [6, 6.07) is 10.2. The fourth-order valence-corrected chi connectivity index (χ4v) is 4.17. The highest BCUT2D eigenvalue weighted by atomic mass is 32.1. The fourth-order valence-electron chi connectivity index (χ4n) is 3.34. The first-order valence-electron chi connectivity index (χ1n) is 11.5. The average molecular weight is 495 g/mol. The molecular formula is C26H30N4O4S. The van der Waals surface area contributed by atoms with Crippen LogP contribution in [0.5, 0.6) is 0 Å². The molecule has 0 saturated carbocycles. The third kappa shape index (κ3) is 6.95. The van der Waals surface area contributed by atoms with E-state index in [1.165, 1.54) is 18.4 Å². The van der Waals surface area contributed by atoms with E-state index >= 15 is 0 Å². The molecule has 1 aromatic carbocycles. The Morgan fingerprint density at radius 2 is 1.74 bits per heavy atom. The first kappa shape index (κ1) is 26.0. The maximum absolute atomic E-state index is 12.6. The van der Waals surface area contributed by atoms with Gasteiger partial charge in [0, 0.05) is 18.1 Å². The SMILES string of the molecule is CCCCc1ccc(C(=O)Nc2ccc(-c3cnc(C(=O)NC(C(=O)OC)C(C)C)s3)cc2)nc1. The van der Waals surface area contributed by atoms with E-state index in [2.05, 4.69) is 27.5 Å². The van der Waals surface area contributed by atoms with Crippen molar-refractivity contribution in [2.45, 2.75) is 46.1 Å². The number of carbonyl (C=O) groups excluding carboxylic acids is 3. The van der Waals surface area contributed by atoms with Crippen LogP contribution in [0.1, 0.15) is 59.5 Å². The van der Waals surface area contributed by atoms with Crippen molar-refractivity contribution in [3.63, 3.8) is 0 Å². The first-order chi connectivity index (χ1) is 16.8. The van der Waals surface area contributed by atoms with Crippen LogP contribution in [-0.2, 0) is 16.0 Å². The van der Waals surface area contributed by atoms with Crippen molar-refractivity contribution in [3.05, 3.63) is 65.1 Å². The Hall–Kier alpha value is -3.59. The smallest absolute Gasteiger partial charge is 0.328 e. The number of carbonyl (C=O) groups is 3. The van der Waals surface area contributed by atoms with Gasteiger partial charge in [-0.1, -0.05) is 45.4 Å². The minimum atomic E-state index is -0.746. The number of nitrogens with zero attached hydrogens (tertiary/aromatic N) is 2. The number of benzene rings is 1. The van der Waals surface area contributed by atoms with E-state index in [0.717, 1.165) is 35.3 Å². The second kappa shape index (κ2) is 12.2. The van der Waals surface area contributed by atoms with Crippen molar-refractivity contribution in [1.29, 1.82) is 0 Å². The number of thiazole rings is 1. The lowest BCUT2D eigenvalue weighted by Crippen LogP contribution is -2.44. The number of unbranched alkanes of at least 4 members (excludes halogenated alkanes) is 1. The molecule has 2 aromatic heterocycles. The molecular weight excluding hydrogens is 464 g/mol. The van der Waals surface area contributed by atoms with Gasteiger partial charge in [0.05, 0.1) is 12.0 Å². The standard InChI is InChI=1S/C26H30N4O4S/c1-5-6-7-17-8-13-20(27-14-17)23(31)29-19-11-9-18(10-12-19)21-15-28-25(35-21)24(32)30-22(16(2)3)26(33)34-4/h8-16,22H,5-7H2,1-4H3,(H,29,31)(H,30,32). The molecule has 0 aliphatic rings. The second-order valence-corrected chi connectivity index (χ2v) is 9.47. The molecule has 0 radical (unpaired) electrons. The summed E-state index contributed by atoms with van der Waals surface area (Å²) in [6.07, 6.45) is 6.52. The van der Waals surface area contributed by atoms with Crippen LogP contribution in [0.3, 0.4) is 0 Å². The Morgan fingerprint density at radius 1 is 1.00 bits per heavy atom. The van der Waals surface area contributed by atoms with Crippen LogP contribution in [-0.4, -0.2) is 40.9 Å². The topological polar surface area (TPSA) is 110 Å². The van der Waals surface area contributed by atoms with Gasteiger partial charge < -0.3 is 15.4 Å². The number of aromatic nitrogens is 2. The highest BCUT2D eigenvalue weighted by Gasteiger charge is 2.26. The number of methoxy groups -OCH3 is 1. The number of amides is 2. The fraction of sp³-hybridized carbons (Fsp3) is 0.346. The van der Waals surface area contributed by atoms with Crippen molar-refractivity contribution < 1.29 is 19.1 Å². The van der Waals surface area contributed by atoms with Gasteiger partial charge >= 0.3 is 5.97 Å². The van der Waals surface area contributed by atoms with Crippen LogP contribution in [0.2, 0.25) is 0 Å². The zero-order valence-corrected chi connectivity index (χ0v) is 21.1. The van der Waals surface area contributed by atoms with E-state index in [1.807, 2.05) is 32.0 Å². The van der Waals surface area contributed by atoms with Gasteiger partial charge in [-0.3, -0.25) is 14.6 Å². The van der Waals surface area contributed by atoms with E-state index < -0.39 is 17.9 Å². The Labute approximate surface area is 209 Å². The van der Waals surface area contributed by atoms with Crippen molar-refractivity contribution >= 4 is 34.8 Å². The number of anilines is 1. The summed E-state index contributed by atoms with van der Waals surface area (Å²) >= 11 is 1.22. The molecule has 184 valence electrons. The minimum absolute atomic E-state index is 0.122. The molecule has 0 bridgehead atoms. The van der Waals surface area contributed by atoms with Gasteiger partial charge in [0.2, 0.25) is 0 Å². The molecule has 3 rings (SSSR count). The molecule has 2 amide bonds. The summed E-state index contributed by atoms with van der Waals surface area (Å²) in [6.45, 7) is 5.79. The van der Waals surface area contributed by atoms with Crippen LogP contribution >= 0.6 is 11.3 Å². The Kier molecular flexibility index (Phi) is 9.08. The van der Waals surface area contributed by atoms with Gasteiger partial charge in [-0.05, 0) is 48.1 Å². The Morgan fingerprint density at radius 3 is 2.34 bits per heavy atom. The highest BCUT2D eigenvalue weighted by molar-refractivity contribution is 7.17. The Bertz CT molecular complexity index is 1160. The van der Waals surface area contributed by atoms with Crippen molar-refractivity contribution in [3.8, 4) is 10.4 Å². The lowest BCUT2D eigenvalue weighted by molar-refractivity contribution is -0.144. The molecule has 1 atom stereocenters. The summed E-state index contributed by atoms with van der Waals surface area (Å²) in [4.78, 5) is 46.3.